The van der Waals surface area contributed by atoms with E-state index >= 15 is 0 Å². The van der Waals surface area contributed by atoms with Gasteiger partial charge in [-0.05, 0) is 43.2 Å². The number of anilines is 2. The van der Waals surface area contributed by atoms with Gasteiger partial charge in [0, 0.05) is 54.3 Å². The second kappa shape index (κ2) is 10.7. The van der Waals surface area contributed by atoms with Gasteiger partial charge in [0.1, 0.15) is 5.82 Å². The van der Waals surface area contributed by atoms with Crippen LogP contribution in [-0.2, 0) is 16.1 Å². The highest BCUT2D eigenvalue weighted by atomic mass is 32.1. The van der Waals surface area contributed by atoms with Gasteiger partial charge in [-0.15, -0.1) is 11.3 Å². The predicted molar refractivity (Wildman–Crippen MR) is 144 cm³/mol. The normalized spacial score (nSPS) is 14.3. The van der Waals surface area contributed by atoms with Gasteiger partial charge in [-0.3, -0.25) is 14.7 Å². The van der Waals surface area contributed by atoms with Gasteiger partial charge in [0.25, 0.3) is 5.91 Å². The molecule has 1 aliphatic rings. The zero-order chi connectivity index (χ0) is 25.1. The van der Waals surface area contributed by atoms with Gasteiger partial charge in [0.05, 0.1) is 23.2 Å². The fourth-order valence-electron chi connectivity index (χ4n) is 4.91. The van der Waals surface area contributed by atoms with Crippen LogP contribution in [0.4, 0.5) is 11.5 Å². The van der Waals surface area contributed by atoms with E-state index in [-0.39, 0.29) is 17.7 Å². The lowest BCUT2D eigenvalue weighted by Gasteiger charge is -2.26. The number of carbonyl (C=O) groups is 2. The van der Waals surface area contributed by atoms with E-state index in [0.29, 0.717) is 23.8 Å². The Bertz CT molecular complexity index is 1350. The number of H-pyrrole nitrogens is 1. The summed E-state index contributed by atoms with van der Waals surface area (Å²) >= 11 is 1.42. The second-order valence-corrected chi connectivity index (χ2v) is 10.3. The molecule has 3 heterocycles. The van der Waals surface area contributed by atoms with Crippen molar-refractivity contribution in [3.05, 3.63) is 53.7 Å². The smallest absolute Gasteiger partial charge is 0.266 e. The molecule has 3 aromatic heterocycles. The van der Waals surface area contributed by atoms with Gasteiger partial charge in [-0.1, -0.05) is 25.3 Å². The van der Waals surface area contributed by atoms with Gasteiger partial charge in [0.2, 0.25) is 5.91 Å². The predicted octanol–water partition coefficient (Wildman–Crippen LogP) is 5.53. The minimum absolute atomic E-state index is 0.104. The number of hydrogen-bond acceptors (Lipinski definition) is 5. The van der Waals surface area contributed by atoms with E-state index in [0.717, 1.165) is 52.7 Å². The largest absolute Gasteiger partial charge is 0.383 e. The molecule has 1 aliphatic carbocycles. The fraction of sp³-hybridized carbons (Fsp3) is 0.370. The van der Waals surface area contributed by atoms with E-state index in [1.54, 1.807) is 18.2 Å². The third-order valence-electron chi connectivity index (χ3n) is 6.93. The van der Waals surface area contributed by atoms with Gasteiger partial charge >= 0.3 is 0 Å². The molecule has 0 saturated heterocycles. The zero-order valence-corrected chi connectivity index (χ0v) is 21.4. The monoisotopic (exact) mass is 505 g/mol. The molecule has 8 nitrogen and oxygen atoms in total. The lowest BCUT2D eigenvalue weighted by Crippen LogP contribution is -2.33. The van der Waals surface area contributed by atoms with Crippen molar-refractivity contribution in [3.63, 3.8) is 0 Å². The van der Waals surface area contributed by atoms with Crippen LogP contribution in [0.25, 0.3) is 21.3 Å². The SMILES string of the molecule is COCCn1c(NC(=O)c2ccc(-c3cn[nH]c3)s2)cc2ccc(N(C)C(=O)C3CCCCC3)cc21. The fourth-order valence-corrected chi connectivity index (χ4v) is 5.79. The van der Waals surface area contributed by atoms with Crippen LogP contribution in [0.5, 0.6) is 0 Å². The number of ether oxygens (including phenoxy) is 1. The summed E-state index contributed by atoms with van der Waals surface area (Å²) in [5.41, 5.74) is 2.76. The van der Waals surface area contributed by atoms with Crippen LogP contribution >= 0.6 is 11.3 Å². The first kappa shape index (κ1) is 24.3. The molecular formula is C27H31N5O3S. The zero-order valence-electron chi connectivity index (χ0n) is 20.6. The summed E-state index contributed by atoms with van der Waals surface area (Å²) in [6.45, 7) is 1.07. The number of aromatic amines is 1. The lowest BCUT2D eigenvalue weighted by molar-refractivity contribution is -0.123. The lowest BCUT2D eigenvalue weighted by atomic mass is 9.88. The third kappa shape index (κ3) is 4.94. The average Bonchev–Trinajstić information content (AvgIpc) is 3.67. The number of fused-ring (bicyclic) bond motifs is 1. The van der Waals surface area contributed by atoms with Crippen LogP contribution in [0.15, 0.2) is 48.8 Å². The Labute approximate surface area is 214 Å². The molecular weight excluding hydrogens is 474 g/mol. The Morgan fingerprint density at radius 3 is 2.78 bits per heavy atom. The van der Waals surface area contributed by atoms with Crippen LogP contribution in [-0.4, -0.2) is 47.3 Å². The number of amides is 2. The Hall–Kier alpha value is -3.43. The second-order valence-electron chi connectivity index (χ2n) is 9.25. The van der Waals surface area contributed by atoms with E-state index in [2.05, 4.69) is 15.5 Å². The molecule has 0 bridgehead atoms. The molecule has 5 rings (SSSR count). The maximum atomic E-state index is 13.1. The maximum absolute atomic E-state index is 13.1. The number of aromatic nitrogens is 3. The number of hydrogen-bond donors (Lipinski definition) is 2. The number of nitrogens with one attached hydrogen (secondary N) is 2. The van der Waals surface area contributed by atoms with Crippen molar-refractivity contribution in [2.24, 2.45) is 5.92 Å². The van der Waals surface area contributed by atoms with Crippen molar-refractivity contribution in [2.45, 2.75) is 38.6 Å². The first-order valence-corrected chi connectivity index (χ1v) is 13.2. The molecule has 2 N–H and O–H groups in total. The maximum Gasteiger partial charge on any atom is 0.266 e. The third-order valence-corrected chi connectivity index (χ3v) is 8.07. The van der Waals surface area contributed by atoms with Crippen molar-refractivity contribution in [1.82, 2.24) is 14.8 Å². The average molecular weight is 506 g/mol. The summed E-state index contributed by atoms with van der Waals surface area (Å²) in [6, 6.07) is 11.7. The highest BCUT2D eigenvalue weighted by Gasteiger charge is 2.25. The van der Waals surface area contributed by atoms with E-state index < -0.39 is 0 Å². The Morgan fingerprint density at radius 2 is 2.03 bits per heavy atom. The van der Waals surface area contributed by atoms with Crippen molar-refractivity contribution in [2.75, 3.05) is 31.0 Å². The minimum Gasteiger partial charge on any atom is -0.383 e. The summed E-state index contributed by atoms with van der Waals surface area (Å²) in [4.78, 5) is 29.6. The van der Waals surface area contributed by atoms with Gasteiger partial charge < -0.3 is 19.5 Å². The van der Waals surface area contributed by atoms with Crippen molar-refractivity contribution in [3.8, 4) is 10.4 Å². The molecule has 0 radical (unpaired) electrons. The summed E-state index contributed by atoms with van der Waals surface area (Å²) in [7, 11) is 3.52. The van der Waals surface area contributed by atoms with Gasteiger partial charge in [-0.25, -0.2) is 0 Å². The van der Waals surface area contributed by atoms with Crippen LogP contribution < -0.4 is 10.2 Å². The molecule has 36 heavy (non-hydrogen) atoms. The van der Waals surface area contributed by atoms with Crippen molar-refractivity contribution >= 4 is 45.6 Å². The molecule has 9 heteroatoms. The Balaban J connectivity index is 1.41. The standard InChI is InChI=1S/C27H31N5O3S/c1-31(27(34)18-6-4-3-5-7-18)21-9-8-19-14-25(32(12-13-35-2)22(19)15-21)30-26(33)24-11-10-23(36-24)20-16-28-29-17-20/h8-11,14-18H,3-7,12-13H2,1-2H3,(H,28,29)(H,30,33). The molecule has 188 valence electrons. The van der Waals surface area contributed by atoms with Crippen LogP contribution in [0.1, 0.15) is 41.8 Å². The summed E-state index contributed by atoms with van der Waals surface area (Å²) in [5.74, 6) is 0.820. The first-order valence-electron chi connectivity index (χ1n) is 12.4. The number of nitrogens with zero attached hydrogens (tertiary/aromatic N) is 3. The van der Waals surface area contributed by atoms with Crippen LogP contribution in [0.3, 0.4) is 0 Å². The summed E-state index contributed by atoms with van der Waals surface area (Å²) < 4.78 is 7.39. The Morgan fingerprint density at radius 1 is 1.19 bits per heavy atom. The summed E-state index contributed by atoms with van der Waals surface area (Å²) in [5, 5.41) is 10.9. The highest BCUT2D eigenvalue weighted by molar-refractivity contribution is 7.17. The number of thiophene rings is 1. The summed E-state index contributed by atoms with van der Waals surface area (Å²) in [6.07, 6.45) is 8.96. The molecule has 1 saturated carbocycles. The van der Waals surface area contributed by atoms with Crippen molar-refractivity contribution in [1.29, 1.82) is 0 Å². The van der Waals surface area contributed by atoms with Gasteiger partial charge in [-0.2, -0.15) is 5.10 Å². The molecule has 0 atom stereocenters. The molecule has 1 fully saturated rings. The Kier molecular flexibility index (Phi) is 7.20. The topological polar surface area (TPSA) is 92.2 Å². The number of methoxy groups -OCH3 is 1. The molecule has 0 spiro atoms. The van der Waals surface area contributed by atoms with E-state index in [9.17, 15) is 9.59 Å². The molecule has 0 unspecified atom stereocenters. The quantitative estimate of drug-likeness (QED) is 0.329. The van der Waals surface area contributed by atoms with E-state index in [1.807, 2.05) is 54.2 Å². The first-order chi connectivity index (χ1) is 17.5. The highest BCUT2D eigenvalue weighted by Crippen LogP contribution is 2.32. The molecule has 0 aliphatic heterocycles. The van der Waals surface area contributed by atoms with Crippen molar-refractivity contribution < 1.29 is 14.3 Å². The number of carbonyl (C=O) groups excluding carboxylic acids is 2. The number of benzene rings is 1. The molecule has 1 aromatic carbocycles. The number of rotatable bonds is 8. The van der Waals surface area contributed by atoms with Crippen LogP contribution in [0.2, 0.25) is 0 Å². The minimum atomic E-state index is -0.166. The molecule has 2 amide bonds. The van der Waals surface area contributed by atoms with Crippen LogP contribution in [0, 0.1) is 5.92 Å². The van der Waals surface area contributed by atoms with E-state index in [4.69, 9.17) is 4.74 Å². The van der Waals surface area contributed by atoms with E-state index in [1.165, 1.54) is 17.8 Å². The molecule has 4 aromatic rings. The van der Waals surface area contributed by atoms with Gasteiger partial charge in [0.15, 0.2) is 0 Å².